The first kappa shape index (κ1) is 18.3. The van der Waals surface area contributed by atoms with Crippen LogP contribution >= 0.6 is 0 Å². The van der Waals surface area contributed by atoms with Crippen molar-refractivity contribution in [2.45, 2.75) is 86.5 Å². The molecule has 0 aromatic carbocycles. The molecule has 0 aliphatic heterocycles. The monoisotopic (exact) mass is 334 g/mol. The molecule has 2 nitrogen and oxygen atoms in total. The lowest BCUT2D eigenvalue weighted by Gasteiger charge is -2.60. The molecule has 0 bridgehead atoms. The summed E-state index contributed by atoms with van der Waals surface area (Å²) in [4.78, 5) is 11.2. The second-order valence-electron chi connectivity index (χ2n) is 10.4. The molecule has 24 heavy (non-hydrogen) atoms. The zero-order valence-electron chi connectivity index (χ0n) is 16.8. The van der Waals surface area contributed by atoms with Crippen molar-refractivity contribution >= 4 is 5.97 Å². The molecule has 0 amide bonds. The summed E-state index contributed by atoms with van der Waals surface area (Å²) in [5.74, 6) is 2.92. The fourth-order valence-electron chi connectivity index (χ4n) is 7.35. The van der Waals surface area contributed by atoms with E-state index in [0.717, 1.165) is 17.8 Å². The van der Waals surface area contributed by atoms with Gasteiger partial charge in [-0.15, -0.1) is 0 Å². The van der Waals surface area contributed by atoms with Crippen molar-refractivity contribution in [1.29, 1.82) is 0 Å². The SMILES string of the molecule is CC(=O)OCC(C)C1(C)CCC2C1CCC1C(C)(C)CCC[C@]21C. The zero-order valence-corrected chi connectivity index (χ0v) is 16.8. The molecule has 3 aliphatic rings. The minimum Gasteiger partial charge on any atom is -0.466 e. The summed E-state index contributed by atoms with van der Waals surface area (Å²) in [5.41, 5.74) is 1.39. The van der Waals surface area contributed by atoms with E-state index < -0.39 is 0 Å². The maximum absolute atomic E-state index is 11.2. The van der Waals surface area contributed by atoms with Crippen molar-refractivity contribution < 1.29 is 9.53 Å². The number of carbonyl (C=O) groups is 1. The average molecular weight is 335 g/mol. The molecule has 0 saturated heterocycles. The number of rotatable bonds is 3. The van der Waals surface area contributed by atoms with Gasteiger partial charge in [0, 0.05) is 6.92 Å². The van der Waals surface area contributed by atoms with Gasteiger partial charge in [-0.25, -0.2) is 0 Å². The highest BCUT2D eigenvalue weighted by molar-refractivity contribution is 5.65. The van der Waals surface area contributed by atoms with E-state index in [1.165, 1.54) is 51.9 Å². The van der Waals surface area contributed by atoms with Gasteiger partial charge in [0.1, 0.15) is 0 Å². The highest BCUT2D eigenvalue weighted by Crippen LogP contribution is 2.68. The molecule has 0 heterocycles. The van der Waals surface area contributed by atoms with Gasteiger partial charge in [0.25, 0.3) is 0 Å². The molecule has 3 fully saturated rings. The summed E-state index contributed by atoms with van der Waals surface area (Å²) in [5, 5.41) is 0. The smallest absolute Gasteiger partial charge is 0.302 e. The minimum absolute atomic E-state index is 0.135. The third-order valence-corrected chi connectivity index (χ3v) is 8.88. The van der Waals surface area contributed by atoms with Crippen LogP contribution < -0.4 is 0 Å². The first-order valence-corrected chi connectivity index (χ1v) is 10.2. The van der Waals surface area contributed by atoms with E-state index in [1.807, 2.05) is 0 Å². The summed E-state index contributed by atoms with van der Waals surface area (Å²) in [6, 6.07) is 0. The van der Waals surface area contributed by atoms with Gasteiger partial charge in [-0.3, -0.25) is 4.79 Å². The molecule has 0 aromatic heterocycles. The highest BCUT2D eigenvalue weighted by atomic mass is 16.5. The molecule has 3 saturated carbocycles. The fraction of sp³-hybridized carbons (Fsp3) is 0.955. The van der Waals surface area contributed by atoms with Crippen molar-refractivity contribution in [2.75, 3.05) is 6.61 Å². The number of hydrogen-bond acceptors (Lipinski definition) is 2. The van der Waals surface area contributed by atoms with Crippen LogP contribution in [-0.2, 0) is 9.53 Å². The van der Waals surface area contributed by atoms with Crippen molar-refractivity contribution in [1.82, 2.24) is 0 Å². The summed E-state index contributed by atoms with van der Waals surface area (Å²) in [7, 11) is 0. The Bertz CT molecular complexity index is 496. The Hall–Kier alpha value is -0.530. The van der Waals surface area contributed by atoms with Crippen LogP contribution in [-0.4, -0.2) is 12.6 Å². The standard InChI is InChI=1S/C22H38O2/c1-15(14-24-16(2)23)21(5)13-10-18-17(21)8-9-19-20(3,4)11-7-12-22(18,19)6/h15,17-19H,7-14H2,1-6H3/t15?,17?,18?,19?,21?,22-/m1/s1. The summed E-state index contributed by atoms with van der Waals surface area (Å²) >= 11 is 0. The molecular weight excluding hydrogens is 296 g/mol. The summed E-state index contributed by atoms with van der Waals surface area (Å²) in [6.45, 7) is 14.6. The van der Waals surface area contributed by atoms with Crippen LogP contribution in [0.15, 0.2) is 0 Å². The summed E-state index contributed by atoms with van der Waals surface area (Å²) in [6.07, 6.45) is 9.72. The van der Waals surface area contributed by atoms with E-state index >= 15 is 0 Å². The van der Waals surface area contributed by atoms with Gasteiger partial charge >= 0.3 is 5.97 Å². The molecule has 0 radical (unpaired) electrons. The predicted molar refractivity (Wildman–Crippen MR) is 98.6 cm³/mol. The highest BCUT2D eigenvalue weighted by Gasteiger charge is 2.60. The second kappa shape index (κ2) is 6.02. The van der Waals surface area contributed by atoms with Crippen molar-refractivity contribution in [3.8, 4) is 0 Å². The Morgan fingerprint density at radius 2 is 1.75 bits per heavy atom. The van der Waals surface area contributed by atoms with Crippen LogP contribution in [0.25, 0.3) is 0 Å². The largest absolute Gasteiger partial charge is 0.466 e. The normalized spacial score (nSPS) is 45.2. The fourth-order valence-corrected chi connectivity index (χ4v) is 7.35. The number of hydrogen-bond donors (Lipinski definition) is 0. The van der Waals surface area contributed by atoms with E-state index in [2.05, 4.69) is 34.6 Å². The van der Waals surface area contributed by atoms with Crippen LogP contribution in [0.2, 0.25) is 0 Å². The second-order valence-corrected chi connectivity index (χ2v) is 10.4. The lowest BCUT2D eigenvalue weighted by molar-refractivity contribution is -0.145. The summed E-state index contributed by atoms with van der Waals surface area (Å²) < 4.78 is 5.39. The molecule has 0 N–H and O–H groups in total. The molecule has 3 aliphatic carbocycles. The van der Waals surface area contributed by atoms with Crippen LogP contribution in [0.5, 0.6) is 0 Å². The molecule has 2 heteroatoms. The Kier molecular flexibility index (Phi) is 4.58. The van der Waals surface area contributed by atoms with Gasteiger partial charge in [-0.1, -0.05) is 41.0 Å². The molecule has 5 unspecified atom stereocenters. The minimum atomic E-state index is -0.135. The lowest BCUT2D eigenvalue weighted by atomic mass is 9.45. The van der Waals surface area contributed by atoms with E-state index in [4.69, 9.17) is 4.74 Å². The molecule has 6 atom stereocenters. The number of fused-ring (bicyclic) bond motifs is 3. The van der Waals surface area contributed by atoms with E-state index in [0.29, 0.717) is 28.8 Å². The number of carbonyl (C=O) groups excluding carboxylic acids is 1. The van der Waals surface area contributed by atoms with Crippen LogP contribution in [0.3, 0.4) is 0 Å². The topological polar surface area (TPSA) is 26.3 Å². The average Bonchev–Trinajstić information content (AvgIpc) is 2.84. The Labute approximate surface area is 149 Å². The number of esters is 1. The Morgan fingerprint density at radius 3 is 2.42 bits per heavy atom. The maximum Gasteiger partial charge on any atom is 0.302 e. The maximum atomic E-state index is 11.2. The van der Waals surface area contributed by atoms with Gasteiger partial charge in [0.15, 0.2) is 0 Å². The zero-order chi connectivity index (χ0) is 17.8. The third kappa shape index (κ3) is 2.72. The molecule has 138 valence electrons. The Balaban J connectivity index is 1.81. The van der Waals surface area contributed by atoms with Crippen LogP contribution in [0.1, 0.15) is 86.5 Å². The van der Waals surface area contributed by atoms with Gasteiger partial charge in [-0.2, -0.15) is 0 Å². The van der Waals surface area contributed by atoms with E-state index in [1.54, 1.807) is 0 Å². The first-order chi connectivity index (χ1) is 11.1. The van der Waals surface area contributed by atoms with Gasteiger partial charge < -0.3 is 4.74 Å². The Morgan fingerprint density at radius 1 is 1.04 bits per heavy atom. The van der Waals surface area contributed by atoms with E-state index in [-0.39, 0.29) is 5.97 Å². The lowest BCUT2D eigenvalue weighted by Crippen LogP contribution is -2.52. The van der Waals surface area contributed by atoms with Gasteiger partial charge in [0.05, 0.1) is 6.61 Å². The predicted octanol–water partition coefficient (Wildman–Crippen LogP) is 5.84. The molecule has 0 spiro atoms. The quantitative estimate of drug-likeness (QED) is 0.606. The molecule has 0 aromatic rings. The van der Waals surface area contributed by atoms with Gasteiger partial charge in [-0.05, 0) is 78.4 Å². The third-order valence-electron chi connectivity index (χ3n) is 8.88. The van der Waals surface area contributed by atoms with Crippen LogP contribution in [0, 0.1) is 39.9 Å². The first-order valence-electron chi connectivity index (χ1n) is 10.2. The van der Waals surface area contributed by atoms with Gasteiger partial charge in [0.2, 0.25) is 0 Å². The van der Waals surface area contributed by atoms with Crippen molar-refractivity contribution in [3.63, 3.8) is 0 Å². The van der Waals surface area contributed by atoms with Crippen molar-refractivity contribution in [3.05, 3.63) is 0 Å². The van der Waals surface area contributed by atoms with Crippen LogP contribution in [0.4, 0.5) is 0 Å². The number of ether oxygens (including phenoxy) is 1. The molecular formula is C22H38O2. The van der Waals surface area contributed by atoms with Crippen molar-refractivity contribution in [2.24, 2.45) is 39.9 Å². The molecule has 3 rings (SSSR count). The van der Waals surface area contributed by atoms with E-state index in [9.17, 15) is 4.79 Å².